The topological polar surface area (TPSA) is 15.6 Å². The van der Waals surface area contributed by atoms with Crippen molar-refractivity contribution in [2.75, 3.05) is 5.01 Å². The lowest BCUT2D eigenvalue weighted by molar-refractivity contribution is -0.137. The molecule has 0 aliphatic heterocycles. The molecule has 0 heterocycles. The molecule has 0 aromatic heterocycles. The highest BCUT2D eigenvalue weighted by molar-refractivity contribution is 5.82. The molecule has 0 amide bonds. The van der Waals surface area contributed by atoms with Gasteiger partial charge in [0.1, 0.15) is 0 Å². The van der Waals surface area contributed by atoms with Gasteiger partial charge in [0.2, 0.25) is 0 Å². The molecule has 0 aliphatic carbocycles. The third-order valence-corrected chi connectivity index (χ3v) is 3.54. The molecule has 5 heteroatoms. The van der Waals surface area contributed by atoms with Crippen LogP contribution in [0, 0.1) is 0 Å². The molecule has 0 atom stereocenters. The first-order valence-corrected chi connectivity index (χ1v) is 7.65. The van der Waals surface area contributed by atoms with E-state index in [9.17, 15) is 13.2 Å². The fraction of sp³-hybridized carbons (Fsp3) is 0.0500. The van der Waals surface area contributed by atoms with Crippen molar-refractivity contribution in [2.45, 2.75) is 6.18 Å². The Kier molecular flexibility index (Phi) is 4.84. The number of hydrogen-bond acceptors (Lipinski definition) is 2. The van der Waals surface area contributed by atoms with Crippen molar-refractivity contribution in [1.82, 2.24) is 0 Å². The fourth-order valence-electron chi connectivity index (χ4n) is 2.34. The number of rotatable bonds is 4. The Morgan fingerprint density at radius 1 is 0.720 bits per heavy atom. The summed E-state index contributed by atoms with van der Waals surface area (Å²) in [6.45, 7) is 0. The van der Waals surface area contributed by atoms with E-state index in [2.05, 4.69) is 5.10 Å². The molecule has 2 nitrogen and oxygen atoms in total. The van der Waals surface area contributed by atoms with Gasteiger partial charge in [0.15, 0.2) is 0 Å². The van der Waals surface area contributed by atoms with Gasteiger partial charge < -0.3 is 0 Å². The van der Waals surface area contributed by atoms with Crippen LogP contribution in [0.1, 0.15) is 11.1 Å². The lowest BCUT2D eigenvalue weighted by Crippen LogP contribution is -2.09. The SMILES string of the molecule is FC(F)(F)c1cccc(/C=N/N(c2ccccc2)c2ccccc2)c1. The van der Waals surface area contributed by atoms with Crippen LogP contribution in [0.15, 0.2) is 90.0 Å². The average molecular weight is 340 g/mol. The van der Waals surface area contributed by atoms with Crippen LogP contribution in [0.25, 0.3) is 0 Å². The Hall–Kier alpha value is -3.08. The molecule has 0 unspecified atom stereocenters. The summed E-state index contributed by atoms with van der Waals surface area (Å²) >= 11 is 0. The van der Waals surface area contributed by atoms with Crippen LogP contribution < -0.4 is 5.01 Å². The summed E-state index contributed by atoms with van der Waals surface area (Å²) in [5.41, 5.74) is 1.32. The van der Waals surface area contributed by atoms with E-state index >= 15 is 0 Å². The lowest BCUT2D eigenvalue weighted by atomic mass is 10.1. The van der Waals surface area contributed by atoms with Crippen LogP contribution in [0.5, 0.6) is 0 Å². The molecule has 3 aromatic carbocycles. The number of anilines is 2. The molecule has 0 fully saturated rings. The van der Waals surface area contributed by atoms with Gasteiger partial charge in [-0.15, -0.1) is 0 Å². The van der Waals surface area contributed by atoms with Gasteiger partial charge in [0, 0.05) is 0 Å². The van der Waals surface area contributed by atoms with Crippen LogP contribution in [0.4, 0.5) is 24.5 Å². The van der Waals surface area contributed by atoms with E-state index in [0.717, 1.165) is 23.5 Å². The third-order valence-electron chi connectivity index (χ3n) is 3.54. The van der Waals surface area contributed by atoms with Gasteiger partial charge in [-0.3, -0.25) is 0 Å². The van der Waals surface area contributed by atoms with Gasteiger partial charge in [-0.05, 0) is 42.0 Å². The Morgan fingerprint density at radius 2 is 1.28 bits per heavy atom. The van der Waals surface area contributed by atoms with Crippen molar-refractivity contribution in [1.29, 1.82) is 0 Å². The van der Waals surface area contributed by atoms with Crippen molar-refractivity contribution < 1.29 is 13.2 Å². The minimum absolute atomic E-state index is 0.381. The number of nitrogens with zero attached hydrogens (tertiary/aromatic N) is 2. The maximum atomic E-state index is 12.8. The second-order valence-corrected chi connectivity index (χ2v) is 5.35. The maximum Gasteiger partial charge on any atom is 0.416 e. The largest absolute Gasteiger partial charge is 0.416 e. The summed E-state index contributed by atoms with van der Waals surface area (Å²) < 4.78 is 38.5. The molecule has 0 saturated heterocycles. The second kappa shape index (κ2) is 7.21. The number of benzene rings is 3. The van der Waals surface area contributed by atoms with Crippen molar-refractivity contribution in [3.8, 4) is 0 Å². The summed E-state index contributed by atoms with van der Waals surface area (Å²) in [5.74, 6) is 0. The zero-order chi connectivity index (χ0) is 17.7. The molecule has 0 spiro atoms. The maximum absolute atomic E-state index is 12.8. The Labute approximate surface area is 143 Å². The van der Waals surface area contributed by atoms with Crippen molar-refractivity contribution in [2.24, 2.45) is 5.10 Å². The first kappa shape index (κ1) is 16.8. The van der Waals surface area contributed by atoms with E-state index in [1.165, 1.54) is 12.3 Å². The molecule has 3 aromatic rings. The Morgan fingerprint density at radius 3 is 1.80 bits per heavy atom. The molecular weight excluding hydrogens is 325 g/mol. The number of halogens is 3. The van der Waals surface area contributed by atoms with Gasteiger partial charge in [-0.1, -0.05) is 48.5 Å². The molecule has 0 saturated carbocycles. The zero-order valence-electron chi connectivity index (χ0n) is 13.2. The summed E-state index contributed by atoms with van der Waals surface area (Å²) in [6, 6.07) is 23.9. The monoisotopic (exact) mass is 340 g/mol. The smallest absolute Gasteiger partial charge is 0.234 e. The van der Waals surface area contributed by atoms with Crippen LogP contribution in [0.3, 0.4) is 0 Å². The predicted octanol–water partition coefficient (Wildman–Crippen LogP) is 5.88. The Bertz CT molecular complexity index is 804. The van der Waals surface area contributed by atoms with Gasteiger partial charge in [-0.2, -0.15) is 18.3 Å². The summed E-state index contributed by atoms with van der Waals surface area (Å²) in [4.78, 5) is 0. The van der Waals surface area contributed by atoms with Crippen molar-refractivity contribution in [3.05, 3.63) is 96.1 Å². The fourth-order valence-corrected chi connectivity index (χ4v) is 2.34. The van der Waals surface area contributed by atoms with E-state index in [-0.39, 0.29) is 0 Å². The average Bonchev–Trinajstić information content (AvgIpc) is 2.63. The molecule has 0 radical (unpaired) electrons. The van der Waals surface area contributed by atoms with Gasteiger partial charge in [-0.25, -0.2) is 5.01 Å². The summed E-state index contributed by atoms with van der Waals surface area (Å²) in [6.07, 6.45) is -2.95. The lowest BCUT2D eigenvalue weighted by Gasteiger charge is -2.19. The first-order valence-electron chi connectivity index (χ1n) is 7.65. The molecule has 0 N–H and O–H groups in total. The quantitative estimate of drug-likeness (QED) is 0.428. The zero-order valence-corrected chi connectivity index (χ0v) is 13.2. The molecule has 126 valence electrons. The molecular formula is C20H15F3N2. The summed E-state index contributed by atoms with van der Waals surface area (Å²) in [5, 5.41) is 6.08. The van der Waals surface area contributed by atoms with E-state index in [1.54, 1.807) is 11.1 Å². The number of hydrogen-bond donors (Lipinski definition) is 0. The molecule has 25 heavy (non-hydrogen) atoms. The van der Waals surface area contributed by atoms with Gasteiger partial charge in [0.05, 0.1) is 23.2 Å². The highest BCUT2D eigenvalue weighted by Gasteiger charge is 2.30. The van der Waals surface area contributed by atoms with E-state index in [4.69, 9.17) is 0 Å². The van der Waals surface area contributed by atoms with Crippen LogP contribution in [0.2, 0.25) is 0 Å². The van der Waals surface area contributed by atoms with E-state index in [0.29, 0.717) is 5.56 Å². The standard InChI is InChI=1S/C20H15F3N2/c21-20(22,23)17-9-7-8-16(14-17)15-24-25(18-10-3-1-4-11-18)19-12-5-2-6-13-19/h1-15H/b24-15+. The molecule has 3 rings (SSSR count). The van der Waals surface area contributed by atoms with E-state index in [1.807, 2.05) is 60.7 Å². The summed E-state index contributed by atoms with van der Waals surface area (Å²) in [7, 11) is 0. The molecule has 0 bridgehead atoms. The predicted molar refractivity (Wildman–Crippen MR) is 94.1 cm³/mol. The number of hydrazone groups is 1. The number of alkyl halides is 3. The van der Waals surface area contributed by atoms with E-state index < -0.39 is 11.7 Å². The molecule has 0 aliphatic rings. The minimum Gasteiger partial charge on any atom is -0.234 e. The third kappa shape index (κ3) is 4.26. The van der Waals surface area contributed by atoms with Gasteiger partial charge in [0.25, 0.3) is 0 Å². The second-order valence-electron chi connectivity index (χ2n) is 5.35. The van der Waals surface area contributed by atoms with Crippen molar-refractivity contribution >= 4 is 17.6 Å². The van der Waals surface area contributed by atoms with Gasteiger partial charge >= 0.3 is 6.18 Å². The minimum atomic E-state index is -4.37. The first-order chi connectivity index (χ1) is 12.0. The Balaban J connectivity index is 1.95. The van der Waals surface area contributed by atoms with Crippen LogP contribution in [-0.4, -0.2) is 6.21 Å². The van der Waals surface area contributed by atoms with Crippen molar-refractivity contribution in [3.63, 3.8) is 0 Å². The number of para-hydroxylation sites is 2. The highest BCUT2D eigenvalue weighted by Crippen LogP contribution is 2.29. The highest BCUT2D eigenvalue weighted by atomic mass is 19.4. The normalized spacial score (nSPS) is 11.6. The van der Waals surface area contributed by atoms with Crippen LogP contribution >= 0.6 is 0 Å². The van der Waals surface area contributed by atoms with Crippen LogP contribution in [-0.2, 0) is 6.18 Å².